The molecule has 0 saturated heterocycles. The number of carbonyl (C=O) groups is 2. The summed E-state index contributed by atoms with van der Waals surface area (Å²) in [6.45, 7) is 6.09. The molecule has 0 radical (unpaired) electrons. The number of rotatable bonds is 6. The first-order chi connectivity index (χ1) is 8.04. The van der Waals surface area contributed by atoms with E-state index in [1.54, 1.807) is 19.1 Å². The van der Waals surface area contributed by atoms with Gasteiger partial charge in [-0.05, 0) is 24.3 Å². The lowest BCUT2D eigenvalue weighted by molar-refractivity contribution is -0.114. The SMILES string of the molecule is CCC(=O)C(=O)c1ccc(CCC(C)C)cc1. The third-order valence-corrected chi connectivity index (χ3v) is 2.80. The molecule has 0 amide bonds. The Labute approximate surface area is 103 Å². The number of aryl methyl sites for hydroxylation is 1. The molecule has 0 aromatic heterocycles. The van der Waals surface area contributed by atoms with Crippen molar-refractivity contribution in [2.75, 3.05) is 0 Å². The zero-order valence-electron chi connectivity index (χ0n) is 10.8. The van der Waals surface area contributed by atoms with Gasteiger partial charge in [-0.25, -0.2) is 0 Å². The van der Waals surface area contributed by atoms with Crippen LogP contribution in [0.3, 0.4) is 0 Å². The van der Waals surface area contributed by atoms with Crippen molar-refractivity contribution in [1.29, 1.82) is 0 Å². The van der Waals surface area contributed by atoms with Gasteiger partial charge in [0.15, 0.2) is 0 Å². The Morgan fingerprint density at radius 3 is 2.18 bits per heavy atom. The van der Waals surface area contributed by atoms with Crippen LogP contribution in [0.4, 0.5) is 0 Å². The van der Waals surface area contributed by atoms with E-state index in [0.717, 1.165) is 12.8 Å². The Morgan fingerprint density at radius 1 is 1.12 bits per heavy atom. The predicted molar refractivity (Wildman–Crippen MR) is 69.2 cm³/mol. The third kappa shape index (κ3) is 4.14. The Hall–Kier alpha value is -1.44. The molecule has 1 aromatic carbocycles. The largest absolute Gasteiger partial charge is 0.290 e. The van der Waals surface area contributed by atoms with E-state index in [4.69, 9.17) is 0 Å². The van der Waals surface area contributed by atoms with Gasteiger partial charge in [0.1, 0.15) is 0 Å². The highest BCUT2D eigenvalue weighted by Gasteiger charge is 2.13. The summed E-state index contributed by atoms with van der Waals surface area (Å²) in [7, 11) is 0. The van der Waals surface area contributed by atoms with Gasteiger partial charge in [0.05, 0.1) is 0 Å². The van der Waals surface area contributed by atoms with Crippen LogP contribution < -0.4 is 0 Å². The van der Waals surface area contributed by atoms with Crippen LogP contribution in [0.15, 0.2) is 24.3 Å². The minimum absolute atomic E-state index is 0.272. The van der Waals surface area contributed by atoms with Gasteiger partial charge >= 0.3 is 0 Å². The highest BCUT2D eigenvalue weighted by atomic mass is 16.2. The van der Waals surface area contributed by atoms with Crippen LogP contribution in [0.25, 0.3) is 0 Å². The van der Waals surface area contributed by atoms with Gasteiger partial charge in [0, 0.05) is 12.0 Å². The van der Waals surface area contributed by atoms with Crippen molar-refractivity contribution in [2.45, 2.75) is 40.0 Å². The summed E-state index contributed by atoms with van der Waals surface area (Å²) >= 11 is 0. The number of ketones is 2. The lowest BCUT2D eigenvalue weighted by Crippen LogP contribution is -2.12. The topological polar surface area (TPSA) is 34.1 Å². The van der Waals surface area contributed by atoms with E-state index in [-0.39, 0.29) is 18.0 Å². The molecule has 1 rings (SSSR count). The number of hydrogen-bond acceptors (Lipinski definition) is 2. The zero-order valence-corrected chi connectivity index (χ0v) is 10.8. The van der Waals surface area contributed by atoms with E-state index < -0.39 is 0 Å². The van der Waals surface area contributed by atoms with Gasteiger partial charge in [-0.1, -0.05) is 45.0 Å². The molecule has 0 aliphatic rings. The average molecular weight is 232 g/mol. The van der Waals surface area contributed by atoms with E-state index in [9.17, 15) is 9.59 Å². The Kier molecular flexibility index (Phi) is 5.08. The Morgan fingerprint density at radius 2 is 1.71 bits per heavy atom. The van der Waals surface area contributed by atoms with Crippen molar-refractivity contribution in [3.05, 3.63) is 35.4 Å². The van der Waals surface area contributed by atoms with Crippen LogP contribution >= 0.6 is 0 Å². The molecule has 0 bridgehead atoms. The second-order valence-electron chi connectivity index (χ2n) is 4.74. The maximum absolute atomic E-state index is 11.6. The summed E-state index contributed by atoms with van der Waals surface area (Å²) in [6, 6.07) is 7.40. The molecule has 17 heavy (non-hydrogen) atoms. The van der Waals surface area contributed by atoms with Crippen molar-refractivity contribution in [3.8, 4) is 0 Å². The van der Waals surface area contributed by atoms with Crippen molar-refractivity contribution in [3.63, 3.8) is 0 Å². The molecule has 0 heterocycles. The molecule has 0 atom stereocenters. The molecule has 0 unspecified atom stereocenters. The fourth-order valence-corrected chi connectivity index (χ4v) is 1.60. The number of Topliss-reactive ketones (excluding diaryl/α,β-unsaturated/α-hetero) is 2. The van der Waals surface area contributed by atoms with Gasteiger partial charge in [-0.3, -0.25) is 9.59 Å². The molecule has 1 aromatic rings. The van der Waals surface area contributed by atoms with Crippen molar-refractivity contribution in [2.24, 2.45) is 5.92 Å². The van der Waals surface area contributed by atoms with Crippen LogP contribution in [0.2, 0.25) is 0 Å². The lowest BCUT2D eigenvalue weighted by Gasteiger charge is -2.05. The molecular formula is C15H20O2. The van der Waals surface area contributed by atoms with E-state index in [0.29, 0.717) is 11.5 Å². The maximum atomic E-state index is 11.6. The van der Waals surface area contributed by atoms with Crippen LogP contribution in [-0.2, 0) is 11.2 Å². The smallest absolute Gasteiger partial charge is 0.228 e. The quantitative estimate of drug-likeness (QED) is 0.556. The fourth-order valence-electron chi connectivity index (χ4n) is 1.60. The first-order valence-electron chi connectivity index (χ1n) is 6.21. The fraction of sp³-hybridized carbons (Fsp3) is 0.467. The van der Waals surface area contributed by atoms with Crippen LogP contribution in [0, 0.1) is 5.92 Å². The second kappa shape index (κ2) is 6.33. The molecule has 2 heteroatoms. The number of carbonyl (C=O) groups excluding carboxylic acids is 2. The molecular weight excluding hydrogens is 212 g/mol. The predicted octanol–water partition coefficient (Wildman–Crippen LogP) is 3.44. The molecule has 0 spiro atoms. The lowest BCUT2D eigenvalue weighted by atomic mass is 9.99. The van der Waals surface area contributed by atoms with Gasteiger partial charge in [0.25, 0.3) is 0 Å². The second-order valence-corrected chi connectivity index (χ2v) is 4.74. The first-order valence-corrected chi connectivity index (χ1v) is 6.21. The van der Waals surface area contributed by atoms with Crippen molar-refractivity contribution < 1.29 is 9.59 Å². The van der Waals surface area contributed by atoms with Gasteiger partial charge in [-0.2, -0.15) is 0 Å². The summed E-state index contributed by atoms with van der Waals surface area (Å²) in [5.41, 5.74) is 1.73. The number of hydrogen-bond donors (Lipinski definition) is 0. The number of benzene rings is 1. The van der Waals surface area contributed by atoms with Crippen molar-refractivity contribution >= 4 is 11.6 Å². The summed E-state index contributed by atoms with van der Waals surface area (Å²) < 4.78 is 0. The van der Waals surface area contributed by atoms with Crippen LogP contribution in [0.1, 0.15) is 49.5 Å². The third-order valence-electron chi connectivity index (χ3n) is 2.80. The molecule has 2 nitrogen and oxygen atoms in total. The molecule has 0 saturated carbocycles. The van der Waals surface area contributed by atoms with Crippen LogP contribution in [-0.4, -0.2) is 11.6 Å². The van der Waals surface area contributed by atoms with E-state index >= 15 is 0 Å². The van der Waals surface area contributed by atoms with E-state index in [1.165, 1.54) is 5.56 Å². The molecule has 0 N–H and O–H groups in total. The summed E-state index contributed by atoms with van der Waals surface area (Å²) in [5.74, 6) is -0.0131. The standard InChI is InChI=1S/C15H20O2/c1-4-14(16)15(17)13-9-7-12(8-10-13)6-5-11(2)3/h7-11H,4-6H2,1-3H3. The van der Waals surface area contributed by atoms with Crippen LogP contribution in [0.5, 0.6) is 0 Å². The zero-order chi connectivity index (χ0) is 12.8. The summed E-state index contributed by atoms with van der Waals surface area (Å²) in [5, 5.41) is 0. The minimum Gasteiger partial charge on any atom is -0.290 e. The van der Waals surface area contributed by atoms with Gasteiger partial charge in [0.2, 0.25) is 11.6 Å². The molecule has 0 fully saturated rings. The van der Waals surface area contributed by atoms with E-state index in [2.05, 4.69) is 13.8 Å². The van der Waals surface area contributed by atoms with Crippen molar-refractivity contribution in [1.82, 2.24) is 0 Å². The monoisotopic (exact) mass is 232 g/mol. The van der Waals surface area contributed by atoms with Gasteiger partial charge in [-0.15, -0.1) is 0 Å². The summed E-state index contributed by atoms with van der Waals surface area (Å²) in [6.07, 6.45) is 2.43. The molecule has 0 aliphatic carbocycles. The summed E-state index contributed by atoms with van der Waals surface area (Å²) in [4.78, 5) is 22.9. The maximum Gasteiger partial charge on any atom is 0.228 e. The Bertz CT molecular complexity index is 388. The average Bonchev–Trinajstić information content (AvgIpc) is 2.35. The molecule has 92 valence electrons. The highest BCUT2D eigenvalue weighted by Crippen LogP contribution is 2.11. The first kappa shape index (κ1) is 13.6. The van der Waals surface area contributed by atoms with E-state index in [1.807, 2.05) is 12.1 Å². The Balaban J connectivity index is 2.68. The van der Waals surface area contributed by atoms with Gasteiger partial charge < -0.3 is 0 Å². The minimum atomic E-state index is -0.372. The molecule has 0 aliphatic heterocycles. The normalized spacial score (nSPS) is 10.6. The highest BCUT2D eigenvalue weighted by molar-refractivity contribution is 6.43.